The topological polar surface area (TPSA) is 63.7 Å². The Kier molecular flexibility index (Phi) is 6.12. The molecule has 4 aromatic rings. The van der Waals surface area contributed by atoms with Gasteiger partial charge in [0.1, 0.15) is 35.1 Å². The highest BCUT2D eigenvalue weighted by atomic mass is 32.1. The van der Waals surface area contributed by atoms with Gasteiger partial charge in [-0.15, -0.1) is 0 Å². The first-order chi connectivity index (χ1) is 17.0. The number of halogens is 1. The fourth-order valence-electron chi connectivity index (χ4n) is 3.88. The van der Waals surface area contributed by atoms with Gasteiger partial charge in [-0.05, 0) is 72.4 Å². The molecule has 0 atom stereocenters. The molecule has 8 heteroatoms. The number of hydrogen-bond acceptors (Lipinski definition) is 5. The van der Waals surface area contributed by atoms with E-state index >= 15 is 0 Å². The standard InChI is InChI=1S/C27H20FN3O3S/c1-33-23-12-7-17(14-19(23)16-34-24-6-2-4-18-5-3-13-29-25(18)24)15-22-26(32)31(27(35)30-22)21-10-8-20(28)9-11-21/h2-15H,16H2,1H3,(H,30,35)/b22-15+. The largest absolute Gasteiger partial charge is 0.496 e. The lowest BCUT2D eigenvalue weighted by atomic mass is 10.1. The van der Waals surface area contributed by atoms with E-state index < -0.39 is 0 Å². The van der Waals surface area contributed by atoms with E-state index in [4.69, 9.17) is 21.7 Å². The van der Waals surface area contributed by atoms with Crippen molar-refractivity contribution in [1.82, 2.24) is 10.3 Å². The summed E-state index contributed by atoms with van der Waals surface area (Å²) < 4.78 is 24.9. The molecule has 1 amide bonds. The maximum Gasteiger partial charge on any atom is 0.281 e. The van der Waals surface area contributed by atoms with Crippen LogP contribution in [0, 0.1) is 5.82 Å². The Morgan fingerprint density at radius 1 is 1.06 bits per heavy atom. The van der Waals surface area contributed by atoms with Gasteiger partial charge in [0.15, 0.2) is 5.11 Å². The summed E-state index contributed by atoms with van der Waals surface area (Å²) >= 11 is 5.34. The van der Waals surface area contributed by atoms with Crippen molar-refractivity contribution in [2.24, 2.45) is 0 Å². The maximum absolute atomic E-state index is 13.3. The molecule has 1 aromatic heterocycles. The number of nitrogens with zero attached hydrogens (tertiary/aromatic N) is 2. The summed E-state index contributed by atoms with van der Waals surface area (Å²) in [5, 5.41) is 4.16. The van der Waals surface area contributed by atoms with Gasteiger partial charge in [-0.25, -0.2) is 4.39 Å². The number of fused-ring (bicyclic) bond motifs is 1. The average Bonchev–Trinajstić information content (AvgIpc) is 3.15. The highest BCUT2D eigenvalue weighted by Gasteiger charge is 2.32. The number of thiocarbonyl (C=S) groups is 1. The number of hydrogen-bond donors (Lipinski definition) is 1. The van der Waals surface area contributed by atoms with E-state index in [-0.39, 0.29) is 23.4 Å². The zero-order valence-corrected chi connectivity index (χ0v) is 19.5. The third-order valence-electron chi connectivity index (χ3n) is 5.56. The summed E-state index contributed by atoms with van der Waals surface area (Å²) in [6.07, 6.45) is 3.44. The molecule has 174 valence electrons. The van der Waals surface area contributed by atoms with Crippen molar-refractivity contribution in [3.05, 3.63) is 102 Å². The molecule has 35 heavy (non-hydrogen) atoms. The Balaban J connectivity index is 1.40. The Bertz CT molecular complexity index is 1470. The molecule has 1 N–H and O–H groups in total. The monoisotopic (exact) mass is 485 g/mol. The van der Waals surface area contributed by atoms with Crippen molar-refractivity contribution >= 4 is 45.9 Å². The summed E-state index contributed by atoms with van der Waals surface area (Å²) in [5.74, 6) is 0.621. The van der Waals surface area contributed by atoms with E-state index in [2.05, 4.69) is 10.3 Å². The summed E-state index contributed by atoms with van der Waals surface area (Å²) in [5.41, 5.74) is 3.15. The van der Waals surface area contributed by atoms with Crippen LogP contribution >= 0.6 is 12.2 Å². The van der Waals surface area contributed by atoms with Crippen LogP contribution in [0.15, 0.2) is 84.7 Å². The summed E-state index contributed by atoms with van der Waals surface area (Å²) in [6.45, 7) is 0.247. The van der Waals surface area contributed by atoms with Gasteiger partial charge in [-0.3, -0.25) is 14.7 Å². The molecule has 1 aliphatic rings. The number of ether oxygens (including phenoxy) is 2. The molecule has 6 nitrogen and oxygen atoms in total. The molecule has 3 aromatic carbocycles. The van der Waals surface area contributed by atoms with Crippen molar-refractivity contribution in [3.8, 4) is 11.5 Å². The van der Waals surface area contributed by atoms with E-state index in [1.807, 2.05) is 48.5 Å². The summed E-state index contributed by atoms with van der Waals surface area (Å²) in [4.78, 5) is 18.8. The zero-order chi connectivity index (χ0) is 24.4. The van der Waals surface area contributed by atoms with Crippen molar-refractivity contribution in [3.63, 3.8) is 0 Å². The molecule has 0 bridgehead atoms. The molecule has 5 rings (SSSR count). The molecule has 1 saturated heterocycles. The molecular formula is C27H20FN3O3S. The molecule has 0 aliphatic carbocycles. The number of rotatable bonds is 6. The van der Waals surface area contributed by atoms with Crippen LogP contribution in [0.4, 0.5) is 10.1 Å². The first kappa shape index (κ1) is 22.5. The Morgan fingerprint density at radius 2 is 1.86 bits per heavy atom. The quantitative estimate of drug-likeness (QED) is 0.298. The minimum atomic E-state index is -0.387. The lowest BCUT2D eigenvalue weighted by molar-refractivity contribution is -0.113. The van der Waals surface area contributed by atoms with Crippen LogP contribution in [0.25, 0.3) is 17.0 Å². The molecule has 1 aliphatic heterocycles. The van der Waals surface area contributed by atoms with Gasteiger partial charge in [0.25, 0.3) is 5.91 Å². The first-order valence-electron chi connectivity index (χ1n) is 10.8. The van der Waals surface area contributed by atoms with Gasteiger partial charge in [-0.1, -0.05) is 24.3 Å². The predicted molar refractivity (Wildman–Crippen MR) is 137 cm³/mol. The highest BCUT2D eigenvalue weighted by molar-refractivity contribution is 7.80. The number of para-hydroxylation sites is 1. The van der Waals surface area contributed by atoms with Crippen molar-refractivity contribution in [2.45, 2.75) is 6.61 Å². The SMILES string of the molecule is COc1ccc(/C=C2/NC(=S)N(c3ccc(F)cc3)C2=O)cc1COc1cccc2cccnc12. The number of aromatic nitrogens is 1. The van der Waals surface area contributed by atoms with Crippen LogP contribution in [0.1, 0.15) is 11.1 Å². The molecule has 0 unspecified atom stereocenters. The van der Waals surface area contributed by atoms with E-state index in [1.165, 1.54) is 29.2 Å². The van der Waals surface area contributed by atoms with Crippen LogP contribution in [-0.4, -0.2) is 23.1 Å². The Labute approximate surface area is 206 Å². The average molecular weight is 486 g/mol. The lowest BCUT2D eigenvalue weighted by Crippen LogP contribution is -2.30. The van der Waals surface area contributed by atoms with Crippen LogP contribution in [0.3, 0.4) is 0 Å². The summed E-state index contributed by atoms with van der Waals surface area (Å²) in [7, 11) is 1.59. The summed E-state index contributed by atoms with van der Waals surface area (Å²) in [6, 6.07) is 20.8. The lowest BCUT2D eigenvalue weighted by Gasteiger charge is -2.13. The second-order valence-electron chi connectivity index (χ2n) is 7.80. The minimum absolute atomic E-state index is 0.230. The predicted octanol–water partition coefficient (Wildman–Crippen LogP) is 5.22. The van der Waals surface area contributed by atoms with Crippen molar-refractivity contribution in [1.29, 1.82) is 0 Å². The second kappa shape index (κ2) is 9.52. The minimum Gasteiger partial charge on any atom is -0.496 e. The van der Waals surface area contributed by atoms with E-state index in [0.717, 1.165) is 22.0 Å². The van der Waals surface area contributed by atoms with E-state index in [0.29, 0.717) is 22.9 Å². The number of carbonyl (C=O) groups excluding carboxylic acids is 1. The highest BCUT2D eigenvalue weighted by Crippen LogP contribution is 2.28. The van der Waals surface area contributed by atoms with Gasteiger partial charge >= 0.3 is 0 Å². The van der Waals surface area contributed by atoms with Gasteiger partial charge in [0.05, 0.1) is 12.8 Å². The number of anilines is 1. The van der Waals surface area contributed by atoms with Crippen molar-refractivity contribution < 1.29 is 18.7 Å². The molecule has 2 heterocycles. The number of amides is 1. The number of pyridine rings is 1. The third-order valence-corrected chi connectivity index (χ3v) is 5.84. The first-order valence-corrected chi connectivity index (χ1v) is 11.2. The third kappa shape index (κ3) is 4.56. The van der Waals surface area contributed by atoms with Gasteiger partial charge in [0, 0.05) is 17.1 Å². The fraction of sp³-hybridized carbons (Fsp3) is 0.0741. The maximum atomic E-state index is 13.3. The number of carbonyl (C=O) groups is 1. The number of methoxy groups -OCH3 is 1. The molecule has 0 radical (unpaired) electrons. The fourth-order valence-corrected chi connectivity index (χ4v) is 4.17. The zero-order valence-electron chi connectivity index (χ0n) is 18.7. The van der Waals surface area contributed by atoms with E-state index in [1.54, 1.807) is 19.4 Å². The van der Waals surface area contributed by atoms with Crippen LogP contribution < -0.4 is 19.7 Å². The number of benzene rings is 3. The van der Waals surface area contributed by atoms with E-state index in [9.17, 15) is 9.18 Å². The van der Waals surface area contributed by atoms with Crippen LogP contribution in [0.5, 0.6) is 11.5 Å². The molecule has 0 spiro atoms. The Hall–Kier alpha value is -4.30. The smallest absolute Gasteiger partial charge is 0.281 e. The molecule has 1 fully saturated rings. The van der Waals surface area contributed by atoms with Gasteiger partial charge < -0.3 is 14.8 Å². The second-order valence-corrected chi connectivity index (χ2v) is 8.18. The van der Waals surface area contributed by atoms with Crippen LogP contribution in [-0.2, 0) is 11.4 Å². The van der Waals surface area contributed by atoms with Crippen LogP contribution in [0.2, 0.25) is 0 Å². The van der Waals surface area contributed by atoms with Gasteiger partial charge in [0.2, 0.25) is 0 Å². The number of nitrogens with one attached hydrogen (secondary N) is 1. The van der Waals surface area contributed by atoms with Gasteiger partial charge in [-0.2, -0.15) is 0 Å². The van der Waals surface area contributed by atoms with Crippen molar-refractivity contribution in [2.75, 3.05) is 12.0 Å². The normalized spacial score (nSPS) is 14.5. The molecular weight excluding hydrogens is 465 g/mol. The Morgan fingerprint density at radius 3 is 2.66 bits per heavy atom. The molecule has 0 saturated carbocycles.